The number of aryl methyl sites for hydroxylation is 2. The number of piperazine rings is 1. The third-order valence-electron chi connectivity index (χ3n) is 4.49. The lowest BCUT2D eigenvalue weighted by molar-refractivity contribution is -0.130. The van der Waals surface area contributed by atoms with Crippen LogP contribution in [0.25, 0.3) is 10.9 Å². The minimum Gasteiger partial charge on any atom is -0.339 e. The van der Waals surface area contributed by atoms with Gasteiger partial charge < -0.3 is 14.4 Å². The zero-order valence-electron chi connectivity index (χ0n) is 13.3. The van der Waals surface area contributed by atoms with Crippen molar-refractivity contribution in [1.29, 1.82) is 0 Å². The highest BCUT2D eigenvalue weighted by molar-refractivity contribution is 5.99. The summed E-state index contributed by atoms with van der Waals surface area (Å²) in [6.07, 6.45) is 0. The van der Waals surface area contributed by atoms with E-state index >= 15 is 0 Å². The molecule has 2 aromatic rings. The van der Waals surface area contributed by atoms with Gasteiger partial charge in [-0.2, -0.15) is 0 Å². The number of nitrogens with zero attached hydrogens (tertiary/aromatic N) is 3. The summed E-state index contributed by atoms with van der Waals surface area (Å²) in [7, 11) is 1.94. The van der Waals surface area contributed by atoms with E-state index in [1.54, 1.807) is 11.8 Å². The van der Waals surface area contributed by atoms with Crippen LogP contribution in [0, 0.1) is 6.92 Å². The second-order valence-corrected chi connectivity index (χ2v) is 5.90. The molecule has 2 heterocycles. The van der Waals surface area contributed by atoms with Gasteiger partial charge in [-0.3, -0.25) is 9.59 Å². The Labute approximate surface area is 130 Å². The van der Waals surface area contributed by atoms with Crippen molar-refractivity contribution in [2.45, 2.75) is 13.8 Å². The molecule has 22 heavy (non-hydrogen) atoms. The van der Waals surface area contributed by atoms with Crippen LogP contribution in [-0.2, 0) is 11.8 Å². The molecule has 0 N–H and O–H groups in total. The summed E-state index contributed by atoms with van der Waals surface area (Å²) in [4.78, 5) is 27.8. The summed E-state index contributed by atoms with van der Waals surface area (Å²) >= 11 is 0. The van der Waals surface area contributed by atoms with Gasteiger partial charge in [-0.05, 0) is 18.6 Å². The SMILES string of the molecule is CC(=O)N1CCN(C(=O)c2cc3cccc(C)c3n2C)CC1. The van der Waals surface area contributed by atoms with E-state index in [2.05, 4.69) is 13.0 Å². The number of amides is 2. The first-order valence-corrected chi connectivity index (χ1v) is 7.59. The second kappa shape index (κ2) is 5.48. The summed E-state index contributed by atoms with van der Waals surface area (Å²) in [6.45, 7) is 6.05. The van der Waals surface area contributed by atoms with Crippen molar-refractivity contribution in [2.75, 3.05) is 26.2 Å². The highest BCUT2D eigenvalue weighted by atomic mass is 16.2. The lowest BCUT2D eigenvalue weighted by atomic mass is 10.2. The predicted octanol–water partition coefficient (Wildman–Crippen LogP) is 1.79. The van der Waals surface area contributed by atoms with Crippen molar-refractivity contribution in [1.82, 2.24) is 14.4 Å². The molecule has 3 rings (SSSR count). The number of benzene rings is 1. The molecule has 1 aromatic heterocycles. The zero-order chi connectivity index (χ0) is 15.9. The Morgan fingerprint density at radius 2 is 1.68 bits per heavy atom. The van der Waals surface area contributed by atoms with Crippen molar-refractivity contribution in [3.8, 4) is 0 Å². The Morgan fingerprint density at radius 1 is 1.05 bits per heavy atom. The molecule has 0 atom stereocenters. The first-order chi connectivity index (χ1) is 10.5. The monoisotopic (exact) mass is 299 g/mol. The van der Waals surface area contributed by atoms with E-state index in [-0.39, 0.29) is 11.8 Å². The van der Waals surface area contributed by atoms with E-state index in [0.717, 1.165) is 10.9 Å². The number of hydrogen-bond acceptors (Lipinski definition) is 2. The van der Waals surface area contributed by atoms with Gasteiger partial charge in [-0.25, -0.2) is 0 Å². The minimum atomic E-state index is 0.0429. The maximum absolute atomic E-state index is 12.8. The van der Waals surface area contributed by atoms with Crippen molar-refractivity contribution in [3.63, 3.8) is 0 Å². The predicted molar refractivity (Wildman–Crippen MR) is 85.8 cm³/mol. The molecule has 0 bridgehead atoms. The Balaban J connectivity index is 1.86. The number of hydrogen-bond donors (Lipinski definition) is 0. The molecular formula is C17H21N3O2. The molecule has 116 valence electrons. The summed E-state index contributed by atoms with van der Waals surface area (Å²) in [5.41, 5.74) is 2.98. The molecule has 1 aliphatic rings. The Hall–Kier alpha value is -2.30. The number of rotatable bonds is 1. The van der Waals surface area contributed by atoms with Crippen LogP contribution in [0.1, 0.15) is 23.0 Å². The van der Waals surface area contributed by atoms with Crippen LogP contribution < -0.4 is 0 Å². The molecule has 0 aliphatic carbocycles. The fourth-order valence-corrected chi connectivity index (χ4v) is 3.21. The van der Waals surface area contributed by atoms with Gasteiger partial charge >= 0.3 is 0 Å². The fourth-order valence-electron chi connectivity index (χ4n) is 3.21. The number of aromatic nitrogens is 1. The van der Waals surface area contributed by atoms with Crippen LogP contribution in [0.5, 0.6) is 0 Å². The molecule has 1 saturated heterocycles. The van der Waals surface area contributed by atoms with Gasteiger partial charge in [0, 0.05) is 45.5 Å². The highest BCUT2D eigenvalue weighted by Gasteiger charge is 2.25. The van der Waals surface area contributed by atoms with Crippen LogP contribution in [0.4, 0.5) is 0 Å². The number of para-hydroxylation sites is 1. The molecule has 0 spiro atoms. The van der Waals surface area contributed by atoms with Crippen LogP contribution in [0.15, 0.2) is 24.3 Å². The van der Waals surface area contributed by atoms with Crippen LogP contribution in [-0.4, -0.2) is 52.4 Å². The smallest absolute Gasteiger partial charge is 0.270 e. The normalized spacial score (nSPS) is 15.4. The van der Waals surface area contributed by atoms with Gasteiger partial charge in [0.05, 0.1) is 5.52 Å². The Bertz CT molecular complexity index is 740. The molecule has 5 nitrogen and oxygen atoms in total. The molecule has 5 heteroatoms. The quantitative estimate of drug-likeness (QED) is 0.806. The van der Waals surface area contributed by atoms with Crippen LogP contribution in [0.2, 0.25) is 0 Å². The van der Waals surface area contributed by atoms with E-state index < -0.39 is 0 Å². The average Bonchev–Trinajstić information content (AvgIpc) is 2.85. The van der Waals surface area contributed by atoms with E-state index in [9.17, 15) is 9.59 Å². The maximum Gasteiger partial charge on any atom is 0.270 e. The third-order valence-corrected chi connectivity index (χ3v) is 4.49. The highest BCUT2D eigenvalue weighted by Crippen LogP contribution is 2.23. The number of carbonyl (C=O) groups is 2. The maximum atomic E-state index is 12.8. The number of carbonyl (C=O) groups excluding carboxylic acids is 2. The minimum absolute atomic E-state index is 0.0429. The van der Waals surface area contributed by atoms with Gasteiger partial charge in [0.2, 0.25) is 5.91 Å². The first-order valence-electron chi connectivity index (χ1n) is 7.59. The summed E-state index contributed by atoms with van der Waals surface area (Å²) in [6, 6.07) is 8.06. The van der Waals surface area contributed by atoms with Gasteiger partial charge in [-0.1, -0.05) is 18.2 Å². The zero-order valence-corrected chi connectivity index (χ0v) is 13.3. The van der Waals surface area contributed by atoms with Gasteiger partial charge in [0.15, 0.2) is 0 Å². The van der Waals surface area contributed by atoms with E-state index in [1.807, 2.05) is 34.7 Å². The standard InChI is InChI=1S/C17H21N3O2/c1-12-5-4-6-14-11-15(18(3)16(12)14)17(22)20-9-7-19(8-10-20)13(2)21/h4-6,11H,7-10H2,1-3H3. The van der Waals surface area contributed by atoms with E-state index in [0.29, 0.717) is 31.9 Å². The fraction of sp³-hybridized carbons (Fsp3) is 0.412. The topological polar surface area (TPSA) is 45.6 Å². The molecule has 2 amide bonds. The molecule has 0 unspecified atom stereocenters. The van der Waals surface area contributed by atoms with Crippen molar-refractivity contribution >= 4 is 22.7 Å². The largest absolute Gasteiger partial charge is 0.339 e. The molecule has 1 fully saturated rings. The molecule has 1 aromatic carbocycles. The molecule has 0 radical (unpaired) electrons. The summed E-state index contributed by atoms with van der Waals surface area (Å²) in [5.74, 6) is 0.119. The second-order valence-electron chi connectivity index (χ2n) is 5.90. The number of fused-ring (bicyclic) bond motifs is 1. The van der Waals surface area contributed by atoms with Crippen molar-refractivity contribution in [3.05, 3.63) is 35.5 Å². The van der Waals surface area contributed by atoms with E-state index in [4.69, 9.17) is 0 Å². The van der Waals surface area contributed by atoms with Crippen LogP contribution in [0.3, 0.4) is 0 Å². The van der Waals surface area contributed by atoms with Crippen molar-refractivity contribution < 1.29 is 9.59 Å². The molecule has 1 aliphatic heterocycles. The Kier molecular flexibility index (Phi) is 3.64. The Morgan fingerprint density at radius 3 is 2.27 bits per heavy atom. The lowest BCUT2D eigenvalue weighted by Gasteiger charge is -2.34. The third kappa shape index (κ3) is 2.36. The summed E-state index contributed by atoms with van der Waals surface area (Å²) in [5, 5.41) is 1.09. The summed E-state index contributed by atoms with van der Waals surface area (Å²) < 4.78 is 1.98. The van der Waals surface area contributed by atoms with Gasteiger partial charge in [0.1, 0.15) is 5.69 Å². The van der Waals surface area contributed by atoms with Crippen LogP contribution >= 0.6 is 0 Å². The molecular weight excluding hydrogens is 278 g/mol. The van der Waals surface area contributed by atoms with Crippen molar-refractivity contribution in [2.24, 2.45) is 7.05 Å². The first kappa shape index (κ1) is 14.6. The average molecular weight is 299 g/mol. The van der Waals surface area contributed by atoms with Gasteiger partial charge in [-0.15, -0.1) is 0 Å². The molecule has 0 saturated carbocycles. The van der Waals surface area contributed by atoms with Gasteiger partial charge in [0.25, 0.3) is 5.91 Å². The lowest BCUT2D eigenvalue weighted by Crippen LogP contribution is -2.50. The van der Waals surface area contributed by atoms with E-state index in [1.165, 1.54) is 5.56 Å².